The highest BCUT2D eigenvalue weighted by atomic mass is 16.7. The molecule has 1 aromatic heterocycles. The molecular weight excluding hydrogens is 306 g/mol. The van der Waals surface area contributed by atoms with Gasteiger partial charge in [-0.15, -0.1) is 5.10 Å². The van der Waals surface area contributed by atoms with Crippen LogP contribution in [-0.4, -0.2) is 30.3 Å². The Hall–Kier alpha value is -2.60. The van der Waals surface area contributed by atoms with Gasteiger partial charge in [-0.1, -0.05) is 30.4 Å². The molecule has 1 aliphatic carbocycles. The van der Waals surface area contributed by atoms with E-state index in [1.165, 1.54) is 0 Å². The van der Waals surface area contributed by atoms with Gasteiger partial charge in [0.2, 0.25) is 5.88 Å². The molecule has 6 nitrogen and oxygen atoms in total. The summed E-state index contributed by atoms with van der Waals surface area (Å²) in [5.74, 6) is 0.586. The van der Waals surface area contributed by atoms with E-state index in [2.05, 4.69) is 27.8 Å². The second-order valence-electron chi connectivity index (χ2n) is 5.74. The second kappa shape index (κ2) is 7.31. The molecule has 0 radical (unpaired) electrons. The van der Waals surface area contributed by atoms with Crippen molar-refractivity contribution in [3.05, 3.63) is 48.1 Å². The molecule has 0 saturated heterocycles. The number of nitrogens with zero attached hydrogens (tertiary/aromatic N) is 1. The third kappa shape index (κ3) is 3.33. The van der Waals surface area contributed by atoms with Crippen LogP contribution in [0.4, 0.5) is 0 Å². The summed E-state index contributed by atoms with van der Waals surface area (Å²) in [4.78, 5) is 16.9. The van der Waals surface area contributed by atoms with Crippen LogP contribution in [0.3, 0.4) is 0 Å². The number of ether oxygens (including phenoxy) is 1. The zero-order valence-electron chi connectivity index (χ0n) is 13.8. The van der Waals surface area contributed by atoms with Gasteiger partial charge in [0.25, 0.3) is 0 Å². The first-order chi connectivity index (χ1) is 11.7. The smallest absolute Gasteiger partial charge is 0.325 e. The van der Waals surface area contributed by atoms with Crippen molar-refractivity contribution in [2.75, 3.05) is 14.2 Å². The molecule has 3 rings (SSSR count). The monoisotopic (exact) mass is 327 g/mol. The van der Waals surface area contributed by atoms with Crippen molar-refractivity contribution < 1.29 is 14.4 Å². The lowest BCUT2D eigenvalue weighted by atomic mass is 9.80. The number of H-pyrrole nitrogens is 1. The summed E-state index contributed by atoms with van der Waals surface area (Å²) in [6, 6.07) is 6.05. The fraction of sp³-hybridized carbons (Fsp3) is 0.333. The Morgan fingerprint density at radius 2 is 2.33 bits per heavy atom. The molecule has 126 valence electrons. The highest BCUT2D eigenvalue weighted by Crippen LogP contribution is 2.35. The third-order valence-corrected chi connectivity index (χ3v) is 4.31. The Balaban J connectivity index is 1.93. The van der Waals surface area contributed by atoms with Crippen LogP contribution in [0.25, 0.3) is 10.9 Å². The molecule has 0 spiro atoms. The van der Waals surface area contributed by atoms with Crippen molar-refractivity contribution in [2.45, 2.75) is 18.8 Å². The van der Waals surface area contributed by atoms with Gasteiger partial charge < -0.3 is 9.57 Å². The molecule has 1 aliphatic rings. The van der Waals surface area contributed by atoms with E-state index in [0.717, 1.165) is 22.9 Å². The van der Waals surface area contributed by atoms with E-state index < -0.39 is 0 Å². The van der Waals surface area contributed by atoms with Gasteiger partial charge in [-0.3, -0.25) is 9.89 Å². The number of methoxy groups -OCH3 is 1. The number of rotatable bonds is 6. The number of allylic oxidation sites excluding steroid dienone is 4. The third-order valence-electron chi connectivity index (χ3n) is 4.31. The molecule has 2 atom stereocenters. The minimum absolute atomic E-state index is 0.0331. The predicted octanol–water partition coefficient (Wildman–Crippen LogP) is 2.86. The Kier molecular flexibility index (Phi) is 4.96. The van der Waals surface area contributed by atoms with E-state index in [1.54, 1.807) is 14.2 Å². The zero-order chi connectivity index (χ0) is 16.9. The Morgan fingerprint density at radius 3 is 3.04 bits per heavy atom. The number of hydroxylamine groups is 1. The fourth-order valence-electron chi connectivity index (χ4n) is 3.15. The number of carbonyl (C=O) groups is 1. The summed E-state index contributed by atoms with van der Waals surface area (Å²) in [6.45, 7) is 0. The summed E-state index contributed by atoms with van der Waals surface area (Å²) in [5, 5.41) is 8.05. The lowest BCUT2D eigenvalue weighted by Gasteiger charge is -2.25. The first-order valence-electron chi connectivity index (χ1n) is 7.94. The van der Waals surface area contributed by atoms with Crippen molar-refractivity contribution in [1.82, 2.24) is 15.7 Å². The number of aromatic nitrogens is 2. The fourth-order valence-corrected chi connectivity index (χ4v) is 3.15. The molecule has 0 amide bonds. The SMILES string of the molecule is CNOC(=O)C[C@@H](c1ccc2c(OC)n[nH]c2c1)C1C=CC=CC1. The number of benzene rings is 1. The highest BCUT2D eigenvalue weighted by Gasteiger charge is 2.25. The normalized spacial score (nSPS) is 17.8. The molecule has 0 saturated carbocycles. The van der Waals surface area contributed by atoms with Crippen molar-refractivity contribution in [3.8, 4) is 5.88 Å². The van der Waals surface area contributed by atoms with Crippen LogP contribution in [0.15, 0.2) is 42.5 Å². The summed E-state index contributed by atoms with van der Waals surface area (Å²) >= 11 is 0. The first-order valence-corrected chi connectivity index (χ1v) is 7.94. The van der Waals surface area contributed by atoms with Gasteiger partial charge in [0.1, 0.15) is 0 Å². The van der Waals surface area contributed by atoms with E-state index in [1.807, 2.05) is 30.4 Å². The molecule has 24 heavy (non-hydrogen) atoms. The topological polar surface area (TPSA) is 76.2 Å². The first kappa shape index (κ1) is 16.3. The van der Waals surface area contributed by atoms with E-state index in [-0.39, 0.29) is 17.8 Å². The van der Waals surface area contributed by atoms with E-state index >= 15 is 0 Å². The minimum atomic E-state index is -0.271. The molecular formula is C18H21N3O3. The van der Waals surface area contributed by atoms with E-state index in [0.29, 0.717) is 12.3 Å². The van der Waals surface area contributed by atoms with Gasteiger partial charge >= 0.3 is 5.97 Å². The standard InChI is InChI=1S/C18H21N3O3/c1-19-24-17(22)11-15(12-6-4-3-5-7-12)13-8-9-14-16(10-13)20-21-18(14)23-2/h3-6,8-10,12,15,19H,7,11H2,1-2H3,(H,20,21)/t12?,15-/m1/s1. The molecule has 2 aromatic rings. The molecule has 0 aliphatic heterocycles. The Morgan fingerprint density at radius 1 is 1.46 bits per heavy atom. The maximum absolute atomic E-state index is 12.0. The van der Waals surface area contributed by atoms with Crippen LogP contribution in [0.2, 0.25) is 0 Å². The molecule has 0 bridgehead atoms. The van der Waals surface area contributed by atoms with Crippen LogP contribution in [0.1, 0.15) is 24.3 Å². The quantitative estimate of drug-likeness (QED) is 0.798. The van der Waals surface area contributed by atoms with Gasteiger partial charge in [0, 0.05) is 13.0 Å². The number of hydrogen-bond acceptors (Lipinski definition) is 5. The Bertz CT molecular complexity index is 779. The largest absolute Gasteiger partial charge is 0.480 e. The summed E-state index contributed by atoms with van der Waals surface area (Å²) < 4.78 is 5.24. The molecule has 2 N–H and O–H groups in total. The molecule has 6 heteroatoms. The molecule has 0 fully saturated rings. The molecule has 1 heterocycles. The average molecular weight is 327 g/mol. The lowest BCUT2D eigenvalue weighted by Crippen LogP contribution is -2.21. The van der Waals surface area contributed by atoms with Crippen LogP contribution < -0.4 is 10.2 Å². The summed E-state index contributed by atoms with van der Waals surface area (Å²) in [6.07, 6.45) is 9.54. The van der Waals surface area contributed by atoms with Crippen molar-refractivity contribution in [1.29, 1.82) is 0 Å². The molecule has 1 aromatic carbocycles. The minimum Gasteiger partial charge on any atom is -0.480 e. The van der Waals surface area contributed by atoms with Crippen LogP contribution in [0.5, 0.6) is 5.88 Å². The van der Waals surface area contributed by atoms with Gasteiger partial charge in [-0.25, -0.2) is 0 Å². The van der Waals surface area contributed by atoms with Gasteiger partial charge in [0.15, 0.2) is 0 Å². The van der Waals surface area contributed by atoms with Crippen LogP contribution >= 0.6 is 0 Å². The maximum Gasteiger partial charge on any atom is 0.325 e. The number of aromatic amines is 1. The maximum atomic E-state index is 12.0. The van der Waals surface area contributed by atoms with Crippen molar-refractivity contribution in [2.24, 2.45) is 5.92 Å². The summed E-state index contributed by atoms with van der Waals surface area (Å²) in [7, 11) is 3.18. The van der Waals surface area contributed by atoms with Gasteiger partial charge in [-0.2, -0.15) is 5.48 Å². The lowest BCUT2D eigenvalue weighted by molar-refractivity contribution is -0.150. The van der Waals surface area contributed by atoms with Gasteiger partial charge in [-0.05, 0) is 30.0 Å². The summed E-state index contributed by atoms with van der Waals surface area (Å²) in [5.41, 5.74) is 4.42. The number of fused-ring (bicyclic) bond motifs is 1. The molecule has 1 unspecified atom stereocenters. The van der Waals surface area contributed by atoms with E-state index in [9.17, 15) is 4.79 Å². The van der Waals surface area contributed by atoms with Crippen LogP contribution in [0, 0.1) is 5.92 Å². The number of hydrogen-bond donors (Lipinski definition) is 2. The van der Waals surface area contributed by atoms with Gasteiger partial charge in [0.05, 0.1) is 24.4 Å². The average Bonchev–Trinajstić information content (AvgIpc) is 3.03. The number of carbonyl (C=O) groups excluding carboxylic acids is 1. The van der Waals surface area contributed by atoms with Crippen molar-refractivity contribution >= 4 is 16.9 Å². The van der Waals surface area contributed by atoms with E-state index in [4.69, 9.17) is 9.57 Å². The second-order valence-corrected chi connectivity index (χ2v) is 5.74. The Labute approximate surface area is 140 Å². The predicted molar refractivity (Wildman–Crippen MR) is 91.5 cm³/mol. The van der Waals surface area contributed by atoms with Crippen molar-refractivity contribution in [3.63, 3.8) is 0 Å². The highest BCUT2D eigenvalue weighted by molar-refractivity contribution is 5.84. The zero-order valence-corrected chi connectivity index (χ0v) is 13.8. The van der Waals surface area contributed by atoms with Crippen LogP contribution in [-0.2, 0) is 9.63 Å². The number of nitrogens with one attached hydrogen (secondary N) is 2.